The number of rotatable bonds is 3. The van der Waals surface area contributed by atoms with Gasteiger partial charge in [0.25, 0.3) is 5.91 Å². The summed E-state index contributed by atoms with van der Waals surface area (Å²) in [6.07, 6.45) is 1.46. The van der Waals surface area contributed by atoms with Gasteiger partial charge in [0.15, 0.2) is 9.84 Å². The van der Waals surface area contributed by atoms with E-state index >= 15 is 0 Å². The SMILES string of the molecule is O=C(c1cccc(Cl)c1)N(c1ccc(F)cc1)[C@H]1C=CS(=O)(=O)C1. The van der Waals surface area contributed by atoms with Crippen molar-refractivity contribution in [2.75, 3.05) is 10.7 Å². The van der Waals surface area contributed by atoms with Gasteiger partial charge < -0.3 is 4.90 Å². The molecule has 0 aliphatic carbocycles. The predicted molar refractivity (Wildman–Crippen MR) is 91.4 cm³/mol. The number of sulfone groups is 1. The fourth-order valence-corrected chi connectivity index (χ4v) is 4.00. The highest BCUT2D eigenvalue weighted by Gasteiger charge is 2.32. The molecule has 3 rings (SSSR count). The molecular weight excluding hydrogens is 353 g/mol. The third kappa shape index (κ3) is 3.49. The van der Waals surface area contributed by atoms with E-state index in [0.717, 1.165) is 5.41 Å². The summed E-state index contributed by atoms with van der Waals surface area (Å²) in [6.45, 7) is 0. The van der Waals surface area contributed by atoms with Crippen molar-refractivity contribution in [2.45, 2.75) is 6.04 Å². The van der Waals surface area contributed by atoms with E-state index in [9.17, 15) is 17.6 Å². The number of nitrogens with zero attached hydrogens (tertiary/aromatic N) is 1. The van der Waals surface area contributed by atoms with Gasteiger partial charge in [-0.25, -0.2) is 12.8 Å². The topological polar surface area (TPSA) is 54.5 Å². The fraction of sp³-hybridized carbons (Fsp3) is 0.118. The maximum absolute atomic E-state index is 13.2. The van der Waals surface area contributed by atoms with Crippen molar-refractivity contribution in [3.63, 3.8) is 0 Å². The molecule has 0 fully saturated rings. The molecule has 0 saturated carbocycles. The third-order valence-corrected chi connectivity index (χ3v) is 5.25. The molecule has 0 unspecified atom stereocenters. The first kappa shape index (κ1) is 16.7. The largest absolute Gasteiger partial charge is 0.300 e. The molecule has 124 valence electrons. The van der Waals surface area contributed by atoms with Gasteiger partial charge in [-0.15, -0.1) is 0 Å². The molecular formula is C17H13ClFNO3S. The number of amides is 1. The van der Waals surface area contributed by atoms with E-state index < -0.39 is 27.6 Å². The van der Waals surface area contributed by atoms with Crippen molar-refractivity contribution in [2.24, 2.45) is 0 Å². The summed E-state index contributed by atoms with van der Waals surface area (Å²) in [7, 11) is -3.36. The molecule has 0 N–H and O–H groups in total. The summed E-state index contributed by atoms with van der Waals surface area (Å²) in [5.74, 6) is -1.06. The number of hydrogen-bond acceptors (Lipinski definition) is 3. The number of halogens is 2. The molecule has 0 radical (unpaired) electrons. The molecule has 1 aliphatic heterocycles. The Labute approximate surface area is 144 Å². The van der Waals surface area contributed by atoms with Gasteiger partial charge in [0, 0.05) is 21.7 Å². The first-order valence-electron chi connectivity index (χ1n) is 7.11. The van der Waals surface area contributed by atoms with Crippen LogP contribution < -0.4 is 4.90 Å². The minimum absolute atomic E-state index is 0.212. The van der Waals surface area contributed by atoms with E-state index in [0.29, 0.717) is 16.3 Å². The average Bonchev–Trinajstić information content (AvgIpc) is 2.89. The van der Waals surface area contributed by atoms with Crippen LogP contribution >= 0.6 is 11.6 Å². The van der Waals surface area contributed by atoms with Crippen molar-refractivity contribution in [1.82, 2.24) is 0 Å². The summed E-state index contributed by atoms with van der Waals surface area (Å²) in [5, 5.41) is 1.49. The second kappa shape index (κ2) is 6.37. The molecule has 1 atom stereocenters. The monoisotopic (exact) mass is 365 g/mol. The predicted octanol–water partition coefficient (Wildman–Crippen LogP) is 3.44. The van der Waals surface area contributed by atoms with Gasteiger partial charge in [0.2, 0.25) is 0 Å². The van der Waals surface area contributed by atoms with Crippen LogP contribution in [-0.4, -0.2) is 26.1 Å². The number of anilines is 1. The zero-order chi connectivity index (χ0) is 17.3. The Morgan fingerprint density at radius 2 is 1.88 bits per heavy atom. The van der Waals surface area contributed by atoms with Crippen LogP contribution in [0.3, 0.4) is 0 Å². The van der Waals surface area contributed by atoms with Crippen LogP contribution in [0.25, 0.3) is 0 Å². The summed E-state index contributed by atoms with van der Waals surface area (Å²) in [5.41, 5.74) is 0.734. The van der Waals surface area contributed by atoms with E-state index in [2.05, 4.69) is 0 Å². The van der Waals surface area contributed by atoms with E-state index in [1.54, 1.807) is 18.2 Å². The highest BCUT2D eigenvalue weighted by molar-refractivity contribution is 7.94. The number of carbonyl (C=O) groups excluding carboxylic acids is 1. The van der Waals surface area contributed by atoms with Crippen molar-refractivity contribution in [3.05, 3.63) is 76.4 Å². The molecule has 4 nitrogen and oxygen atoms in total. The molecule has 1 heterocycles. The highest BCUT2D eigenvalue weighted by atomic mass is 35.5. The molecule has 24 heavy (non-hydrogen) atoms. The lowest BCUT2D eigenvalue weighted by Crippen LogP contribution is -2.41. The van der Waals surface area contributed by atoms with Gasteiger partial charge in [-0.05, 0) is 48.5 Å². The van der Waals surface area contributed by atoms with Gasteiger partial charge in [0.1, 0.15) is 5.82 Å². The fourth-order valence-electron chi connectivity index (χ4n) is 2.54. The second-order valence-electron chi connectivity index (χ2n) is 5.39. The molecule has 0 spiro atoms. The molecule has 2 aromatic rings. The zero-order valence-corrected chi connectivity index (χ0v) is 14.0. The summed E-state index contributed by atoms with van der Waals surface area (Å²) in [6, 6.07) is 11.0. The Morgan fingerprint density at radius 1 is 1.17 bits per heavy atom. The second-order valence-corrected chi connectivity index (χ2v) is 7.75. The highest BCUT2D eigenvalue weighted by Crippen LogP contribution is 2.26. The first-order valence-corrected chi connectivity index (χ1v) is 9.21. The number of hydrogen-bond donors (Lipinski definition) is 0. The quantitative estimate of drug-likeness (QED) is 0.837. The maximum Gasteiger partial charge on any atom is 0.258 e. The average molecular weight is 366 g/mol. The lowest BCUT2D eigenvalue weighted by molar-refractivity contribution is 0.0983. The molecule has 0 saturated heterocycles. The van der Waals surface area contributed by atoms with Crippen LogP contribution in [0.15, 0.2) is 60.0 Å². The van der Waals surface area contributed by atoms with Crippen LogP contribution in [0.5, 0.6) is 0 Å². The number of benzene rings is 2. The normalized spacial score (nSPS) is 18.5. The van der Waals surface area contributed by atoms with Crippen LogP contribution in [-0.2, 0) is 9.84 Å². The smallest absolute Gasteiger partial charge is 0.258 e. The van der Waals surface area contributed by atoms with Gasteiger partial charge in [-0.1, -0.05) is 17.7 Å². The van der Waals surface area contributed by atoms with Crippen LogP contribution in [0.1, 0.15) is 10.4 Å². The van der Waals surface area contributed by atoms with Gasteiger partial charge in [0.05, 0.1) is 11.8 Å². The lowest BCUT2D eigenvalue weighted by atomic mass is 10.1. The molecule has 2 aromatic carbocycles. The molecule has 0 bridgehead atoms. The van der Waals surface area contributed by atoms with Crippen molar-refractivity contribution in [1.29, 1.82) is 0 Å². The standard InChI is InChI=1S/C17H13ClFNO3S/c18-13-3-1-2-12(10-13)17(21)20(15-6-4-14(19)5-7-15)16-8-9-24(22,23)11-16/h1-10,16H,11H2/t16-/m0/s1. The Morgan fingerprint density at radius 3 is 2.46 bits per heavy atom. The number of carbonyl (C=O) groups is 1. The first-order chi connectivity index (χ1) is 11.4. The summed E-state index contributed by atoms with van der Waals surface area (Å²) >= 11 is 5.94. The van der Waals surface area contributed by atoms with Crippen LogP contribution in [0.4, 0.5) is 10.1 Å². The molecule has 1 aliphatic rings. The van der Waals surface area contributed by atoms with Gasteiger partial charge in [-0.3, -0.25) is 4.79 Å². The van der Waals surface area contributed by atoms with E-state index in [1.807, 2.05) is 0 Å². The minimum Gasteiger partial charge on any atom is -0.300 e. The third-order valence-electron chi connectivity index (χ3n) is 3.64. The minimum atomic E-state index is -3.36. The van der Waals surface area contributed by atoms with Crippen LogP contribution in [0.2, 0.25) is 5.02 Å². The Hall–Kier alpha value is -2.18. The van der Waals surface area contributed by atoms with Crippen molar-refractivity contribution >= 4 is 33.0 Å². The Kier molecular flexibility index (Phi) is 4.43. The summed E-state index contributed by atoms with van der Waals surface area (Å²) in [4.78, 5) is 14.3. The van der Waals surface area contributed by atoms with E-state index in [1.165, 1.54) is 41.3 Å². The Balaban J connectivity index is 2.03. The Bertz CT molecular complexity index is 910. The summed E-state index contributed by atoms with van der Waals surface area (Å²) < 4.78 is 36.7. The molecule has 0 aromatic heterocycles. The zero-order valence-electron chi connectivity index (χ0n) is 12.4. The lowest BCUT2D eigenvalue weighted by Gasteiger charge is -2.28. The van der Waals surface area contributed by atoms with Crippen LogP contribution in [0, 0.1) is 5.82 Å². The van der Waals surface area contributed by atoms with Gasteiger partial charge >= 0.3 is 0 Å². The van der Waals surface area contributed by atoms with E-state index in [4.69, 9.17) is 11.6 Å². The maximum atomic E-state index is 13.2. The van der Waals surface area contributed by atoms with Gasteiger partial charge in [-0.2, -0.15) is 0 Å². The van der Waals surface area contributed by atoms with E-state index in [-0.39, 0.29) is 5.75 Å². The molecule has 1 amide bonds. The molecule has 7 heteroatoms. The van der Waals surface area contributed by atoms with Crippen molar-refractivity contribution in [3.8, 4) is 0 Å². The van der Waals surface area contributed by atoms with Crippen molar-refractivity contribution < 1.29 is 17.6 Å².